The van der Waals surface area contributed by atoms with E-state index in [0.717, 1.165) is 12.8 Å². The van der Waals surface area contributed by atoms with E-state index in [1.165, 1.54) is 0 Å². The van der Waals surface area contributed by atoms with E-state index in [1.54, 1.807) is 0 Å². The van der Waals surface area contributed by atoms with Gasteiger partial charge in [0.05, 0.1) is 5.54 Å². The molecular formula is C13H27NOS. The van der Waals surface area contributed by atoms with Gasteiger partial charge in [-0.25, -0.2) is 0 Å². The maximum absolute atomic E-state index is 12.4. The van der Waals surface area contributed by atoms with E-state index in [4.69, 9.17) is 0 Å². The van der Waals surface area contributed by atoms with Crippen LogP contribution < -0.4 is 0 Å². The molecule has 0 heterocycles. The van der Waals surface area contributed by atoms with Gasteiger partial charge in [0, 0.05) is 0 Å². The molecule has 0 N–H and O–H groups in total. The normalized spacial score (nSPS) is 16.0. The molecule has 3 heteroatoms. The maximum atomic E-state index is 12.4. The molecule has 2 nitrogen and oxygen atoms in total. The summed E-state index contributed by atoms with van der Waals surface area (Å²) in [5, 5.41) is 0. The van der Waals surface area contributed by atoms with E-state index in [9.17, 15) is 4.55 Å². The smallest absolute Gasteiger partial charge is 0.120 e. The Hall–Kier alpha value is -0.0200. The molecule has 0 fully saturated rings. The third-order valence-electron chi connectivity index (χ3n) is 2.82. The van der Waals surface area contributed by atoms with Gasteiger partial charge in [-0.05, 0) is 79.2 Å². The van der Waals surface area contributed by atoms with Crippen LogP contribution in [0.4, 0.5) is 0 Å². The summed E-state index contributed by atoms with van der Waals surface area (Å²) in [5.41, 5.74) is -0.112. The fraction of sp³-hybridized carbons (Fsp3) is 0.923. The Bertz CT molecular complexity index is 241. The zero-order chi connectivity index (χ0) is 13.2. The van der Waals surface area contributed by atoms with Crippen LogP contribution in [0, 0.1) is 0 Å². The first-order valence-corrected chi connectivity index (χ1v) is 6.97. The van der Waals surface area contributed by atoms with Gasteiger partial charge in [0.1, 0.15) is 9.49 Å². The van der Waals surface area contributed by atoms with Gasteiger partial charge in [-0.3, -0.25) is 4.99 Å². The molecule has 1 unspecified atom stereocenters. The summed E-state index contributed by atoms with van der Waals surface area (Å²) in [4.78, 5) is 4.10. The standard InChI is InChI=1S/C13H27NOS/c1-11(2,3)16(15)13(6,7)10-9-12(4,5)14-8/h8-10H2,1-7H3. The molecule has 0 aliphatic heterocycles. The fourth-order valence-corrected chi connectivity index (χ4v) is 3.55. The second kappa shape index (κ2) is 5.09. The van der Waals surface area contributed by atoms with Gasteiger partial charge < -0.3 is 4.55 Å². The molecule has 0 rings (SSSR count). The second-order valence-corrected chi connectivity index (χ2v) is 9.48. The van der Waals surface area contributed by atoms with Crippen molar-refractivity contribution >= 4 is 17.9 Å². The highest BCUT2D eigenvalue weighted by Crippen LogP contribution is 2.34. The Labute approximate surface area is 104 Å². The van der Waals surface area contributed by atoms with Crippen molar-refractivity contribution in [3.63, 3.8) is 0 Å². The molecular weight excluding hydrogens is 218 g/mol. The molecule has 0 saturated carbocycles. The van der Waals surface area contributed by atoms with Crippen LogP contribution in [-0.4, -0.2) is 26.3 Å². The number of nitrogens with zero attached hydrogens (tertiary/aromatic N) is 1. The molecule has 0 aromatic carbocycles. The molecule has 0 saturated heterocycles. The molecule has 0 radical (unpaired) electrons. The predicted molar refractivity (Wildman–Crippen MR) is 74.8 cm³/mol. The van der Waals surface area contributed by atoms with Crippen LogP contribution in [0.25, 0.3) is 0 Å². The lowest BCUT2D eigenvalue weighted by Crippen LogP contribution is -2.44. The van der Waals surface area contributed by atoms with Gasteiger partial charge >= 0.3 is 0 Å². The van der Waals surface area contributed by atoms with E-state index in [0.29, 0.717) is 0 Å². The summed E-state index contributed by atoms with van der Waals surface area (Å²) in [5.74, 6) is 0. The Kier molecular flexibility index (Phi) is 5.08. The van der Waals surface area contributed by atoms with Gasteiger partial charge in [-0.2, -0.15) is 0 Å². The molecule has 0 spiro atoms. The SMILES string of the molecule is C=NC(C)(C)CCC(C)(C)[S+]([O-])C(C)(C)C. The first-order chi connectivity index (χ1) is 6.92. The second-order valence-electron chi connectivity index (χ2n) is 6.61. The highest BCUT2D eigenvalue weighted by molar-refractivity contribution is 7.94. The lowest BCUT2D eigenvalue weighted by Gasteiger charge is -2.38. The first kappa shape index (κ1) is 16.0. The van der Waals surface area contributed by atoms with E-state index < -0.39 is 11.2 Å². The molecule has 0 bridgehead atoms. The van der Waals surface area contributed by atoms with Crippen molar-refractivity contribution in [1.29, 1.82) is 0 Å². The minimum Gasteiger partial charge on any atom is -0.616 e. The molecule has 0 amide bonds. The van der Waals surface area contributed by atoms with Crippen LogP contribution in [-0.2, 0) is 11.2 Å². The average Bonchev–Trinajstić information content (AvgIpc) is 2.13. The summed E-state index contributed by atoms with van der Waals surface area (Å²) >= 11 is -0.846. The largest absolute Gasteiger partial charge is 0.616 e. The molecule has 0 aromatic rings. The van der Waals surface area contributed by atoms with Crippen LogP contribution >= 0.6 is 0 Å². The van der Waals surface area contributed by atoms with Crippen molar-refractivity contribution in [1.82, 2.24) is 0 Å². The van der Waals surface area contributed by atoms with Crippen molar-refractivity contribution in [3.05, 3.63) is 0 Å². The fourth-order valence-electron chi connectivity index (χ4n) is 1.61. The first-order valence-electron chi connectivity index (χ1n) is 5.82. The van der Waals surface area contributed by atoms with Gasteiger partial charge in [-0.1, -0.05) is 0 Å². The molecule has 16 heavy (non-hydrogen) atoms. The number of rotatable bonds is 5. The van der Waals surface area contributed by atoms with E-state index in [-0.39, 0.29) is 15.0 Å². The zero-order valence-electron chi connectivity index (χ0n) is 11.9. The Morgan fingerprint density at radius 3 is 1.75 bits per heavy atom. The quantitative estimate of drug-likeness (QED) is 0.538. The van der Waals surface area contributed by atoms with Crippen molar-refractivity contribution in [2.24, 2.45) is 4.99 Å². The maximum Gasteiger partial charge on any atom is 0.120 e. The lowest BCUT2D eigenvalue weighted by atomic mass is 9.94. The van der Waals surface area contributed by atoms with Crippen LogP contribution in [0.5, 0.6) is 0 Å². The molecule has 0 aliphatic carbocycles. The van der Waals surface area contributed by atoms with E-state index in [2.05, 4.69) is 39.4 Å². The Morgan fingerprint density at radius 2 is 1.44 bits per heavy atom. The molecule has 0 aliphatic rings. The minimum absolute atomic E-state index is 0.112. The Morgan fingerprint density at radius 1 is 1.00 bits per heavy atom. The molecule has 0 aromatic heterocycles. The third-order valence-corrected chi connectivity index (χ3v) is 5.15. The molecule has 1 atom stereocenters. The zero-order valence-corrected chi connectivity index (χ0v) is 12.7. The highest BCUT2D eigenvalue weighted by atomic mass is 32.2. The lowest BCUT2D eigenvalue weighted by molar-refractivity contribution is 0.415. The van der Waals surface area contributed by atoms with Crippen LogP contribution in [0.15, 0.2) is 4.99 Å². The minimum atomic E-state index is -0.846. The van der Waals surface area contributed by atoms with Gasteiger partial charge in [0.2, 0.25) is 0 Å². The highest BCUT2D eigenvalue weighted by Gasteiger charge is 2.41. The molecule has 96 valence electrons. The summed E-state index contributed by atoms with van der Waals surface area (Å²) in [6.45, 7) is 18.0. The van der Waals surface area contributed by atoms with E-state index >= 15 is 0 Å². The topological polar surface area (TPSA) is 35.4 Å². The number of hydrogen-bond acceptors (Lipinski definition) is 2. The van der Waals surface area contributed by atoms with Crippen molar-refractivity contribution in [3.8, 4) is 0 Å². The van der Waals surface area contributed by atoms with Crippen molar-refractivity contribution in [2.75, 3.05) is 0 Å². The summed E-state index contributed by atoms with van der Waals surface area (Å²) in [6, 6.07) is 0. The average molecular weight is 245 g/mol. The van der Waals surface area contributed by atoms with E-state index in [1.807, 2.05) is 20.8 Å². The van der Waals surface area contributed by atoms with Crippen LogP contribution in [0.1, 0.15) is 61.3 Å². The Balaban J connectivity index is 4.53. The van der Waals surface area contributed by atoms with Crippen molar-refractivity contribution < 1.29 is 4.55 Å². The van der Waals surface area contributed by atoms with Gasteiger partial charge in [0.25, 0.3) is 0 Å². The number of hydrogen-bond donors (Lipinski definition) is 0. The predicted octanol–water partition coefficient (Wildman–Crippen LogP) is 3.57. The number of aliphatic imine (C=N–C) groups is 1. The van der Waals surface area contributed by atoms with Crippen LogP contribution in [0.2, 0.25) is 0 Å². The summed E-state index contributed by atoms with van der Waals surface area (Å²) in [6.07, 6.45) is 1.83. The monoisotopic (exact) mass is 245 g/mol. The van der Waals surface area contributed by atoms with Crippen molar-refractivity contribution in [2.45, 2.75) is 76.3 Å². The summed E-state index contributed by atoms with van der Waals surface area (Å²) in [7, 11) is 0. The van der Waals surface area contributed by atoms with Gasteiger partial charge in [0.15, 0.2) is 0 Å². The summed E-state index contributed by atoms with van der Waals surface area (Å²) < 4.78 is 12.0. The van der Waals surface area contributed by atoms with Crippen LogP contribution in [0.3, 0.4) is 0 Å². The third kappa shape index (κ3) is 4.88. The van der Waals surface area contributed by atoms with Gasteiger partial charge in [-0.15, -0.1) is 0 Å².